The van der Waals surface area contributed by atoms with Crippen molar-refractivity contribution in [3.8, 4) is 0 Å². The minimum Gasteiger partial charge on any atom is -0.369 e. The molecule has 0 aliphatic carbocycles. The van der Waals surface area contributed by atoms with Crippen LogP contribution in [0.15, 0.2) is 18.2 Å². The normalized spacial score (nSPS) is 20.1. The average molecular weight is 415 g/mol. The van der Waals surface area contributed by atoms with E-state index in [1.165, 1.54) is 0 Å². The number of nitrogens with one attached hydrogen (secondary N) is 2. The van der Waals surface area contributed by atoms with E-state index in [4.69, 9.17) is 11.6 Å². The lowest BCUT2D eigenvalue weighted by Crippen LogP contribution is -2.36. The van der Waals surface area contributed by atoms with E-state index < -0.39 is 6.23 Å². The number of hydrogen-bond acceptors (Lipinski definition) is 4. The molecule has 7 heteroatoms. The van der Waals surface area contributed by atoms with E-state index in [0.717, 1.165) is 71.8 Å². The lowest BCUT2D eigenvalue weighted by Gasteiger charge is -2.23. The number of nitrogens with zero attached hydrogens (tertiary/aromatic N) is 2. The molecular weight excluding hydrogens is 388 g/mol. The molecule has 1 aromatic carbocycles. The van der Waals surface area contributed by atoms with Crippen molar-refractivity contribution in [1.29, 1.82) is 0 Å². The zero-order chi connectivity index (χ0) is 20.7. The zero-order valence-electron chi connectivity index (χ0n) is 17.1. The highest BCUT2D eigenvalue weighted by atomic mass is 35.5. The van der Waals surface area contributed by atoms with Gasteiger partial charge < -0.3 is 25.2 Å². The maximum Gasteiger partial charge on any atom is 0.256 e. The first-order chi connectivity index (χ1) is 13.8. The number of likely N-dealkylation sites (N-methyl/N-ethyl adjacent to an activating group) is 1. The standard InChI is InChI=1S/C22H27ClN4O2/c1-13-19(12-16-15-11-14(23)6-7-17(15)25-21(16)28)24-18-5-4-8-27(10-9-26(2)3)22(29)20(13)18/h6-7,11-12,21,24-25,28H,4-5,8-10H2,1-3H3/b16-12-. The van der Waals surface area contributed by atoms with Gasteiger partial charge in [0.1, 0.15) is 0 Å². The average Bonchev–Trinajstić information content (AvgIpc) is 3.08. The first-order valence-corrected chi connectivity index (χ1v) is 10.3. The monoisotopic (exact) mass is 414 g/mol. The summed E-state index contributed by atoms with van der Waals surface area (Å²) in [6.07, 6.45) is 2.90. The Morgan fingerprint density at radius 1 is 1.38 bits per heavy atom. The van der Waals surface area contributed by atoms with E-state index in [-0.39, 0.29) is 5.91 Å². The van der Waals surface area contributed by atoms with Gasteiger partial charge in [0.05, 0.1) is 5.56 Å². The molecule has 2 aromatic rings. The molecule has 0 saturated heterocycles. The van der Waals surface area contributed by atoms with Crippen LogP contribution in [-0.2, 0) is 6.42 Å². The number of aromatic nitrogens is 1. The van der Waals surface area contributed by atoms with Crippen molar-refractivity contribution < 1.29 is 9.90 Å². The number of hydrogen-bond donors (Lipinski definition) is 3. The number of fused-ring (bicyclic) bond motifs is 2. The Kier molecular flexibility index (Phi) is 5.42. The molecule has 0 fully saturated rings. The fourth-order valence-corrected chi connectivity index (χ4v) is 4.28. The number of aryl methyl sites for hydroxylation is 1. The molecule has 3 N–H and O–H groups in total. The van der Waals surface area contributed by atoms with E-state index in [1.54, 1.807) is 6.07 Å². The van der Waals surface area contributed by atoms with Gasteiger partial charge in [-0.05, 0) is 63.7 Å². The summed E-state index contributed by atoms with van der Waals surface area (Å²) >= 11 is 6.16. The van der Waals surface area contributed by atoms with Gasteiger partial charge in [0, 0.05) is 52.9 Å². The third kappa shape index (κ3) is 3.80. The smallest absolute Gasteiger partial charge is 0.256 e. The number of anilines is 1. The first-order valence-electron chi connectivity index (χ1n) is 9.96. The Balaban J connectivity index is 1.70. The quantitative estimate of drug-likeness (QED) is 0.718. The topological polar surface area (TPSA) is 71.6 Å². The summed E-state index contributed by atoms with van der Waals surface area (Å²) in [5, 5.41) is 14.2. The predicted molar refractivity (Wildman–Crippen MR) is 117 cm³/mol. The molecule has 0 saturated carbocycles. The van der Waals surface area contributed by atoms with Crippen molar-refractivity contribution in [1.82, 2.24) is 14.8 Å². The molecule has 4 rings (SSSR count). The molecule has 0 bridgehead atoms. The fourth-order valence-electron chi connectivity index (χ4n) is 4.11. The number of H-pyrrole nitrogens is 1. The molecule has 2 aliphatic rings. The molecule has 1 unspecified atom stereocenters. The van der Waals surface area contributed by atoms with Gasteiger partial charge in [-0.25, -0.2) is 0 Å². The van der Waals surface area contributed by atoms with Crippen LogP contribution in [0.1, 0.15) is 39.3 Å². The molecule has 3 heterocycles. The molecule has 154 valence electrons. The molecule has 1 atom stereocenters. The van der Waals surface area contributed by atoms with Crippen LogP contribution in [0.25, 0.3) is 11.6 Å². The second-order valence-electron chi connectivity index (χ2n) is 8.05. The number of carbonyl (C=O) groups excluding carboxylic acids is 1. The Morgan fingerprint density at radius 2 is 2.17 bits per heavy atom. The van der Waals surface area contributed by atoms with Gasteiger partial charge >= 0.3 is 0 Å². The number of aromatic amines is 1. The van der Waals surface area contributed by atoms with Gasteiger partial charge in [0.25, 0.3) is 5.91 Å². The summed E-state index contributed by atoms with van der Waals surface area (Å²) in [6.45, 7) is 4.32. The lowest BCUT2D eigenvalue weighted by molar-refractivity contribution is 0.0750. The van der Waals surface area contributed by atoms with Gasteiger partial charge in [-0.1, -0.05) is 11.6 Å². The Hall–Kier alpha value is -2.28. The number of rotatable bonds is 4. The Labute approximate surface area is 176 Å². The van der Waals surface area contributed by atoms with Crippen LogP contribution in [0.5, 0.6) is 0 Å². The minimum absolute atomic E-state index is 0.0892. The molecule has 6 nitrogen and oxygen atoms in total. The fraction of sp³-hybridized carbons (Fsp3) is 0.409. The lowest BCUT2D eigenvalue weighted by atomic mass is 10.0. The maximum atomic E-state index is 13.2. The minimum atomic E-state index is -0.807. The third-order valence-electron chi connectivity index (χ3n) is 5.72. The second kappa shape index (κ2) is 7.86. The van der Waals surface area contributed by atoms with Crippen molar-refractivity contribution in [3.63, 3.8) is 0 Å². The summed E-state index contributed by atoms with van der Waals surface area (Å²) in [7, 11) is 4.04. The third-order valence-corrected chi connectivity index (χ3v) is 5.95. The van der Waals surface area contributed by atoms with Crippen molar-refractivity contribution in [2.75, 3.05) is 39.0 Å². The molecular formula is C22H27ClN4O2. The predicted octanol–water partition coefficient (Wildman–Crippen LogP) is 3.21. The van der Waals surface area contributed by atoms with Gasteiger partial charge in [-0.3, -0.25) is 4.79 Å². The number of benzene rings is 1. The van der Waals surface area contributed by atoms with E-state index in [2.05, 4.69) is 15.2 Å². The maximum absolute atomic E-state index is 13.2. The van der Waals surface area contributed by atoms with E-state index in [0.29, 0.717) is 5.02 Å². The molecule has 0 radical (unpaired) electrons. The van der Waals surface area contributed by atoms with Gasteiger partial charge in [0.2, 0.25) is 0 Å². The van der Waals surface area contributed by atoms with Crippen LogP contribution in [0.3, 0.4) is 0 Å². The van der Waals surface area contributed by atoms with Crippen LogP contribution in [0.4, 0.5) is 5.69 Å². The number of aliphatic hydroxyl groups excluding tert-OH is 1. The summed E-state index contributed by atoms with van der Waals surface area (Å²) in [5.41, 5.74) is 6.04. The van der Waals surface area contributed by atoms with Crippen LogP contribution < -0.4 is 5.32 Å². The van der Waals surface area contributed by atoms with Crippen molar-refractivity contribution >= 4 is 34.8 Å². The molecule has 0 spiro atoms. The number of aliphatic hydroxyl groups is 1. The summed E-state index contributed by atoms with van der Waals surface area (Å²) in [4.78, 5) is 20.7. The van der Waals surface area contributed by atoms with Crippen molar-refractivity contribution in [2.45, 2.75) is 26.0 Å². The Bertz CT molecular complexity index is 979. The SMILES string of the molecule is Cc1c(/C=C2/c3cc(Cl)ccc3NC2O)[nH]c2c1C(=O)N(CCN(C)C)CCC2. The Morgan fingerprint density at radius 3 is 2.93 bits per heavy atom. The van der Waals surface area contributed by atoms with E-state index in [9.17, 15) is 9.90 Å². The molecule has 1 aromatic heterocycles. The summed E-state index contributed by atoms with van der Waals surface area (Å²) in [6, 6.07) is 5.51. The van der Waals surface area contributed by atoms with Crippen LogP contribution in [0, 0.1) is 6.92 Å². The number of amides is 1. The van der Waals surface area contributed by atoms with Crippen molar-refractivity contribution in [2.24, 2.45) is 0 Å². The summed E-state index contributed by atoms with van der Waals surface area (Å²) < 4.78 is 0. The van der Waals surface area contributed by atoms with Gasteiger partial charge in [-0.2, -0.15) is 0 Å². The number of carbonyl (C=O) groups is 1. The summed E-state index contributed by atoms with van der Waals surface area (Å²) in [5.74, 6) is 0.0892. The second-order valence-corrected chi connectivity index (χ2v) is 8.49. The van der Waals surface area contributed by atoms with Gasteiger partial charge in [0.15, 0.2) is 6.23 Å². The van der Waals surface area contributed by atoms with Gasteiger partial charge in [-0.15, -0.1) is 0 Å². The van der Waals surface area contributed by atoms with Crippen LogP contribution in [0.2, 0.25) is 5.02 Å². The molecule has 29 heavy (non-hydrogen) atoms. The molecule has 1 amide bonds. The highest BCUT2D eigenvalue weighted by Gasteiger charge is 2.29. The first kappa shape index (κ1) is 20.0. The zero-order valence-corrected chi connectivity index (χ0v) is 17.8. The largest absolute Gasteiger partial charge is 0.369 e. The highest BCUT2D eigenvalue weighted by Crippen LogP contribution is 2.38. The highest BCUT2D eigenvalue weighted by molar-refractivity contribution is 6.31. The number of halogens is 1. The van der Waals surface area contributed by atoms with E-state index in [1.807, 2.05) is 44.1 Å². The van der Waals surface area contributed by atoms with Crippen LogP contribution in [-0.4, -0.2) is 65.8 Å². The molecule has 2 aliphatic heterocycles. The van der Waals surface area contributed by atoms with Crippen LogP contribution >= 0.6 is 11.6 Å². The van der Waals surface area contributed by atoms with Crippen molar-refractivity contribution in [3.05, 3.63) is 51.3 Å². The van der Waals surface area contributed by atoms with E-state index >= 15 is 0 Å².